The fourth-order valence-corrected chi connectivity index (χ4v) is 4.74. The zero-order valence-electron chi connectivity index (χ0n) is 17.9. The summed E-state index contributed by atoms with van der Waals surface area (Å²) in [5.41, 5.74) is 2.96. The highest BCUT2D eigenvalue weighted by atomic mass is 32.2. The Hall–Kier alpha value is -4.05. The molecule has 1 N–H and O–H groups in total. The number of nitrogens with one attached hydrogen (secondary N) is 1. The molecule has 2 heterocycles. The van der Waals surface area contributed by atoms with E-state index >= 15 is 0 Å². The highest BCUT2D eigenvalue weighted by molar-refractivity contribution is 8.00. The van der Waals surface area contributed by atoms with Crippen LogP contribution < -0.4 is 10.2 Å². The first-order valence-corrected chi connectivity index (χ1v) is 11.5. The summed E-state index contributed by atoms with van der Waals surface area (Å²) in [6, 6.07) is 19.0. The maximum absolute atomic E-state index is 14.4. The molecule has 1 aliphatic rings. The highest BCUT2D eigenvalue weighted by Crippen LogP contribution is 2.30. The van der Waals surface area contributed by atoms with Gasteiger partial charge in [0.25, 0.3) is 5.91 Å². The standard InChI is InChI=1S/C24H19FN6O2S/c25-19-10-9-17(31-15-26-28-29-31)13-20(19)27-24(33)18-6-2-4-8-22(18)34-14-23(32)30-12-11-16-5-1-3-7-21(16)30/h1-10,13,15H,11-12,14H2,(H,27,33). The van der Waals surface area contributed by atoms with Crippen LogP contribution in [0.15, 0.2) is 78.0 Å². The number of benzene rings is 3. The van der Waals surface area contributed by atoms with Gasteiger partial charge in [0.05, 0.1) is 22.7 Å². The number of nitrogens with zero attached hydrogens (tertiary/aromatic N) is 5. The number of para-hydroxylation sites is 1. The molecule has 1 aliphatic heterocycles. The van der Waals surface area contributed by atoms with Crippen molar-refractivity contribution < 1.29 is 14.0 Å². The molecule has 10 heteroatoms. The van der Waals surface area contributed by atoms with Crippen LogP contribution in [0.2, 0.25) is 0 Å². The average molecular weight is 475 g/mol. The topological polar surface area (TPSA) is 93.0 Å². The number of carbonyl (C=O) groups is 2. The number of carbonyl (C=O) groups excluding carboxylic acids is 2. The van der Waals surface area contributed by atoms with Crippen LogP contribution in [0.25, 0.3) is 5.69 Å². The minimum absolute atomic E-state index is 0.00236. The number of amides is 2. The Morgan fingerprint density at radius 3 is 2.74 bits per heavy atom. The van der Waals surface area contributed by atoms with E-state index < -0.39 is 11.7 Å². The van der Waals surface area contributed by atoms with Crippen molar-refractivity contribution in [2.45, 2.75) is 11.3 Å². The summed E-state index contributed by atoms with van der Waals surface area (Å²) < 4.78 is 15.8. The second-order valence-electron chi connectivity index (χ2n) is 7.58. The Labute approximate surface area is 198 Å². The third kappa shape index (κ3) is 4.40. The molecule has 0 radical (unpaired) electrons. The maximum atomic E-state index is 14.4. The lowest BCUT2D eigenvalue weighted by Gasteiger charge is -2.17. The van der Waals surface area contributed by atoms with Crippen molar-refractivity contribution in [3.8, 4) is 5.69 Å². The van der Waals surface area contributed by atoms with E-state index in [1.807, 2.05) is 24.3 Å². The van der Waals surface area contributed by atoms with Gasteiger partial charge in [-0.2, -0.15) is 0 Å². The van der Waals surface area contributed by atoms with Crippen LogP contribution in [0.4, 0.5) is 15.8 Å². The molecule has 0 aliphatic carbocycles. The van der Waals surface area contributed by atoms with E-state index in [2.05, 4.69) is 20.8 Å². The van der Waals surface area contributed by atoms with Crippen LogP contribution in [0.1, 0.15) is 15.9 Å². The summed E-state index contributed by atoms with van der Waals surface area (Å²) >= 11 is 1.28. The quantitative estimate of drug-likeness (QED) is 0.428. The molecular formula is C24H19FN6O2S. The van der Waals surface area contributed by atoms with E-state index in [1.165, 1.54) is 41.0 Å². The predicted octanol–water partition coefficient (Wildman–Crippen LogP) is 3.74. The fraction of sp³-hybridized carbons (Fsp3) is 0.125. The van der Waals surface area contributed by atoms with Crippen LogP contribution in [0.3, 0.4) is 0 Å². The third-order valence-electron chi connectivity index (χ3n) is 5.48. The van der Waals surface area contributed by atoms with Gasteiger partial charge in [0.1, 0.15) is 12.1 Å². The molecule has 0 atom stereocenters. The second kappa shape index (κ2) is 9.44. The van der Waals surface area contributed by atoms with Crippen molar-refractivity contribution in [2.75, 3.05) is 22.5 Å². The summed E-state index contributed by atoms with van der Waals surface area (Å²) in [4.78, 5) is 28.3. The van der Waals surface area contributed by atoms with E-state index in [4.69, 9.17) is 0 Å². The predicted molar refractivity (Wildman–Crippen MR) is 127 cm³/mol. The molecule has 0 fully saturated rings. The normalized spacial score (nSPS) is 12.4. The van der Waals surface area contributed by atoms with Gasteiger partial charge in [-0.05, 0) is 58.8 Å². The van der Waals surface area contributed by atoms with Gasteiger partial charge in [0.15, 0.2) is 0 Å². The van der Waals surface area contributed by atoms with Crippen LogP contribution in [-0.2, 0) is 11.2 Å². The number of anilines is 2. The summed E-state index contributed by atoms with van der Waals surface area (Å²) in [7, 11) is 0. The summed E-state index contributed by atoms with van der Waals surface area (Å²) in [5, 5.41) is 13.5. The van der Waals surface area contributed by atoms with Crippen molar-refractivity contribution in [3.63, 3.8) is 0 Å². The molecule has 5 rings (SSSR count). The SMILES string of the molecule is O=C(Nc1cc(-n2cnnn2)ccc1F)c1ccccc1SCC(=O)N1CCc2ccccc21. The number of thioether (sulfide) groups is 1. The molecule has 170 valence electrons. The van der Waals surface area contributed by atoms with E-state index in [0.29, 0.717) is 22.7 Å². The van der Waals surface area contributed by atoms with Crippen molar-refractivity contribution in [1.82, 2.24) is 20.2 Å². The Balaban J connectivity index is 1.30. The number of tetrazole rings is 1. The first-order chi connectivity index (χ1) is 16.6. The van der Waals surface area contributed by atoms with Gasteiger partial charge < -0.3 is 10.2 Å². The Morgan fingerprint density at radius 1 is 1.06 bits per heavy atom. The number of halogens is 1. The van der Waals surface area contributed by atoms with E-state index in [0.717, 1.165) is 17.7 Å². The smallest absolute Gasteiger partial charge is 0.256 e. The zero-order chi connectivity index (χ0) is 23.5. The van der Waals surface area contributed by atoms with Crippen molar-refractivity contribution in [2.24, 2.45) is 0 Å². The van der Waals surface area contributed by atoms with Gasteiger partial charge in [0.2, 0.25) is 5.91 Å². The Morgan fingerprint density at radius 2 is 1.88 bits per heavy atom. The van der Waals surface area contributed by atoms with Crippen LogP contribution in [-0.4, -0.2) is 44.3 Å². The fourth-order valence-electron chi connectivity index (χ4n) is 3.82. The summed E-state index contributed by atoms with van der Waals surface area (Å²) in [6.07, 6.45) is 2.21. The zero-order valence-corrected chi connectivity index (χ0v) is 18.7. The number of rotatable bonds is 6. The van der Waals surface area contributed by atoms with Crippen LogP contribution in [0.5, 0.6) is 0 Å². The molecule has 0 unspecified atom stereocenters. The van der Waals surface area contributed by atoms with E-state index in [9.17, 15) is 14.0 Å². The molecule has 0 saturated carbocycles. The van der Waals surface area contributed by atoms with Gasteiger partial charge in [-0.3, -0.25) is 9.59 Å². The van der Waals surface area contributed by atoms with Crippen molar-refractivity contribution in [1.29, 1.82) is 0 Å². The monoisotopic (exact) mass is 474 g/mol. The lowest BCUT2D eigenvalue weighted by Crippen LogP contribution is -2.30. The van der Waals surface area contributed by atoms with E-state index in [-0.39, 0.29) is 17.3 Å². The maximum Gasteiger partial charge on any atom is 0.256 e. The summed E-state index contributed by atoms with van der Waals surface area (Å²) in [6.45, 7) is 0.651. The molecule has 3 aromatic carbocycles. The molecule has 2 amide bonds. The van der Waals surface area contributed by atoms with Gasteiger partial charge in [-0.1, -0.05) is 30.3 Å². The minimum Gasteiger partial charge on any atom is -0.319 e. The van der Waals surface area contributed by atoms with E-state index in [1.54, 1.807) is 29.2 Å². The van der Waals surface area contributed by atoms with Gasteiger partial charge in [-0.15, -0.1) is 16.9 Å². The number of hydrogen-bond acceptors (Lipinski definition) is 6. The largest absolute Gasteiger partial charge is 0.319 e. The Kier molecular flexibility index (Phi) is 6.05. The summed E-state index contributed by atoms with van der Waals surface area (Å²) in [5.74, 6) is -0.903. The Bertz CT molecular complexity index is 1360. The first-order valence-electron chi connectivity index (χ1n) is 10.5. The lowest BCUT2D eigenvalue weighted by molar-refractivity contribution is -0.116. The average Bonchev–Trinajstić information content (AvgIpc) is 3.54. The lowest BCUT2D eigenvalue weighted by atomic mass is 10.2. The van der Waals surface area contributed by atoms with Crippen LogP contribution in [0, 0.1) is 5.82 Å². The molecule has 4 aromatic rings. The second-order valence-corrected chi connectivity index (χ2v) is 8.60. The van der Waals surface area contributed by atoms with Crippen molar-refractivity contribution >= 4 is 35.0 Å². The molecule has 1 aromatic heterocycles. The van der Waals surface area contributed by atoms with Gasteiger partial charge in [-0.25, -0.2) is 9.07 Å². The molecule has 8 nitrogen and oxygen atoms in total. The molecular weight excluding hydrogens is 455 g/mol. The number of hydrogen-bond donors (Lipinski definition) is 1. The molecule has 0 bridgehead atoms. The van der Waals surface area contributed by atoms with Crippen molar-refractivity contribution in [3.05, 3.63) is 90.0 Å². The number of aromatic nitrogens is 4. The highest BCUT2D eigenvalue weighted by Gasteiger charge is 2.24. The molecule has 0 spiro atoms. The number of fused-ring (bicyclic) bond motifs is 1. The minimum atomic E-state index is -0.585. The van der Waals surface area contributed by atoms with Gasteiger partial charge in [0, 0.05) is 17.1 Å². The first kappa shape index (κ1) is 21.8. The van der Waals surface area contributed by atoms with Gasteiger partial charge >= 0.3 is 0 Å². The molecule has 0 saturated heterocycles. The molecule has 34 heavy (non-hydrogen) atoms. The third-order valence-corrected chi connectivity index (χ3v) is 6.54. The van der Waals surface area contributed by atoms with Crippen LogP contribution >= 0.6 is 11.8 Å².